The van der Waals surface area contributed by atoms with Crippen LogP contribution in [0.15, 0.2) is 61.1 Å². The lowest BCUT2D eigenvalue weighted by molar-refractivity contribution is 0.104. The van der Waals surface area contributed by atoms with E-state index in [9.17, 15) is 4.79 Å². The van der Waals surface area contributed by atoms with E-state index in [1.165, 1.54) is 12.9 Å². The number of halogens is 1. The monoisotopic (exact) mass is 516 g/mol. The van der Waals surface area contributed by atoms with Gasteiger partial charge in [-0.1, -0.05) is 29.8 Å². The molecular formula is C28H29ClN6O2. The Morgan fingerprint density at radius 1 is 1.05 bits per heavy atom. The van der Waals surface area contributed by atoms with Crippen molar-refractivity contribution in [2.75, 3.05) is 38.0 Å². The molecule has 2 aromatic heterocycles. The summed E-state index contributed by atoms with van der Waals surface area (Å²) < 4.78 is 5.86. The number of aromatic nitrogens is 3. The maximum Gasteiger partial charge on any atom is 0.196 e. The van der Waals surface area contributed by atoms with Crippen molar-refractivity contribution in [2.45, 2.75) is 18.9 Å². The standard InChI is InChI=1S/C28H29ClN6O2/c29-24-12-21(37-20-4-2-1-3-5-20)6-7-22(24)26(36)23-15-31-27-25(23)28(33-17-32-27)34-19-8-10-35(11-9-19)16-18-13-30-14-18/h1-7,12,15,17-19,30H,8-11,13-14,16H2,(H2,31,32,33,34). The van der Waals surface area contributed by atoms with Crippen LogP contribution < -0.4 is 15.4 Å². The van der Waals surface area contributed by atoms with Crippen molar-refractivity contribution in [3.8, 4) is 11.5 Å². The number of nitrogens with one attached hydrogen (secondary N) is 3. The van der Waals surface area contributed by atoms with Gasteiger partial charge in [-0.15, -0.1) is 0 Å². The predicted molar refractivity (Wildman–Crippen MR) is 145 cm³/mol. The highest BCUT2D eigenvalue weighted by Gasteiger charge is 2.26. The number of hydrogen-bond donors (Lipinski definition) is 3. The second-order valence-corrected chi connectivity index (χ2v) is 10.2. The van der Waals surface area contributed by atoms with E-state index in [-0.39, 0.29) is 5.78 Å². The zero-order valence-corrected chi connectivity index (χ0v) is 21.2. The zero-order chi connectivity index (χ0) is 25.2. The second-order valence-electron chi connectivity index (χ2n) is 9.78. The fraction of sp³-hybridized carbons (Fsp3) is 0.321. The number of carbonyl (C=O) groups excluding carboxylic acids is 1. The third kappa shape index (κ3) is 5.18. The maximum atomic E-state index is 13.6. The lowest BCUT2D eigenvalue weighted by atomic mass is 9.99. The fourth-order valence-electron chi connectivity index (χ4n) is 5.06. The van der Waals surface area contributed by atoms with Crippen LogP contribution in [-0.2, 0) is 0 Å². The Kier molecular flexibility index (Phi) is 6.78. The largest absolute Gasteiger partial charge is 0.457 e. The Bertz CT molecular complexity index is 1400. The summed E-state index contributed by atoms with van der Waals surface area (Å²) >= 11 is 6.55. The number of rotatable bonds is 8. The molecule has 190 valence electrons. The van der Waals surface area contributed by atoms with Crippen LogP contribution in [0.2, 0.25) is 5.02 Å². The van der Waals surface area contributed by atoms with Crippen molar-refractivity contribution in [3.05, 3.63) is 77.2 Å². The molecule has 6 rings (SSSR count). The van der Waals surface area contributed by atoms with E-state index in [1.54, 1.807) is 24.4 Å². The summed E-state index contributed by atoms with van der Waals surface area (Å²) in [4.78, 5) is 28.1. The number of piperidine rings is 1. The van der Waals surface area contributed by atoms with E-state index in [1.807, 2.05) is 30.3 Å². The molecule has 9 heteroatoms. The molecule has 2 saturated heterocycles. The van der Waals surface area contributed by atoms with Gasteiger partial charge in [0.25, 0.3) is 0 Å². The molecule has 2 aliphatic heterocycles. The normalized spacial score (nSPS) is 17.0. The van der Waals surface area contributed by atoms with Gasteiger partial charge in [-0.2, -0.15) is 0 Å². The molecule has 2 fully saturated rings. The Morgan fingerprint density at radius 3 is 2.59 bits per heavy atom. The summed E-state index contributed by atoms with van der Waals surface area (Å²) in [7, 11) is 0. The molecule has 4 heterocycles. The predicted octanol–water partition coefficient (Wildman–Crippen LogP) is 4.73. The van der Waals surface area contributed by atoms with Crippen molar-refractivity contribution < 1.29 is 9.53 Å². The van der Waals surface area contributed by atoms with Gasteiger partial charge in [0.2, 0.25) is 0 Å². The van der Waals surface area contributed by atoms with Crippen molar-refractivity contribution in [1.29, 1.82) is 0 Å². The first kappa shape index (κ1) is 23.9. The maximum absolute atomic E-state index is 13.6. The average molecular weight is 517 g/mol. The summed E-state index contributed by atoms with van der Waals surface area (Å²) in [6.07, 6.45) is 5.28. The smallest absolute Gasteiger partial charge is 0.196 e. The minimum absolute atomic E-state index is 0.190. The molecule has 0 radical (unpaired) electrons. The minimum atomic E-state index is -0.190. The highest BCUT2D eigenvalue weighted by molar-refractivity contribution is 6.35. The number of benzene rings is 2. The van der Waals surface area contributed by atoms with Crippen LogP contribution in [0.1, 0.15) is 28.8 Å². The molecule has 2 aliphatic rings. The number of hydrogen-bond acceptors (Lipinski definition) is 7. The number of para-hydroxylation sites is 1. The van der Waals surface area contributed by atoms with Gasteiger partial charge in [-0.3, -0.25) is 4.79 Å². The number of aromatic amines is 1. The van der Waals surface area contributed by atoms with E-state index in [2.05, 4.69) is 30.5 Å². The van der Waals surface area contributed by atoms with Crippen LogP contribution in [0.3, 0.4) is 0 Å². The first-order valence-electron chi connectivity index (χ1n) is 12.7. The van der Waals surface area contributed by atoms with Gasteiger partial charge < -0.3 is 25.3 Å². The first-order chi connectivity index (χ1) is 18.1. The molecule has 0 bridgehead atoms. The Morgan fingerprint density at radius 2 is 1.86 bits per heavy atom. The number of ether oxygens (including phenoxy) is 1. The SMILES string of the molecule is O=C(c1ccc(Oc2ccccc2)cc1Cl)c1c[nH]c2ncnc(NC3CCN(CC4CNC4)CC3)c12. The molecule has 0 atom stereocenters. The van der Waals surface area contributed by atoms with Crippen molar-refractivity contribution in [3.63, 3.8) is 0 Å². The third-order valence-electron chi connectivity index (χ3n) is 7.19. The number of likely N-dealkylation sites (tertiary alicyclic amines) is 1. The number of carbonyl (C=O) groups is 1. The van der Waals surface area contributed by atoms with Crippen molar-refractivity contribution >= 4 is 34.2 Å². The van der Waals surface area contributed by atoms with Crippen LogP contribution in [0.4, 0.5) is 5.82 Å². The molecule has 0 amide bonds. The highest BCUT2D eigenvalue weighted by atomic mass is 35.5. The lowest BCUT2D eigenvalue weighted by Crippen LogP contribution is -2.50. The number of ketones is 1. The lowest BCUT2D eigenvalue weighted by Gasteiger charge is -2.37. The van der Waals surface area contributed by atoms with Gasteiger partial charge in [0, 0.05) is 56.6 Å². The van der Waals surface area contributed by atoms with E-state index in [0.717, 1.165) is 44.9 Å². The van der Waals surface area contributed by atoms with Crippen molar-refractivity contribution in [1.82, 2.24) is 25.2 Å². The number of anilines is 1. The molecule has 0 saturated carbocycles. The fourth-order valence-corrected chi connectivity index (χ4v) is 5.32. The summed E-state index contributed by atoms with van der Waals surface area (Å²) in [6, 6.07) is 14.9. The van der Waals surface area contributed by atoms with Crippen LogP contribution >= 0.6 is 11.6 Å². The zero-order valence-electron chi connectivity index (χ0n) is 20.4. The Hall–Kier alpha value is -3.46. The van der Waals surface area contributed by atoms with E-state index in [4.69, 9.17) is 16.3 Å². The summed E-state index contributed by atoms with van der Waals surface area (Å²) in [6.45, 7) is 5.56. The van der Waals surface area contributed by atoms with Gasteiger partial charge >= 0.3 is 0 Å². The van der Waals surface area contributed by atoms with Gasteiger partial charge in [0.15, 0.2) is 5.78 Å². The van der Waals surface area contributed by atoms with Crippen LogP contribution in [-0.4, -0.2) is 64.4 Å². The average Bonchev–Trinajstić information content (AvgIpc) is 3.33. The summed E-state index contributed by atoms with van der Waals surface area (Å²) in [5.41, 5.74) is 1.51. The van der Waals surface area contributed by atoms with E-state index >= 15 is 0 Å². The van der Waals surface area contributed by atoms with Crippen LogP contribution in [0.25, 0.3) is 11.0 Å². The second kappa shape index (κ2) is 10.5. The van der Waals surface area contributed by atoms with Gasteiger partial charge in [-0.05, 0) is 43.0 Å². The van der Waals surface area contributed by atoms with Gasteiger partial charge in [0.1, 0.15) is 29.3 Å². The molecule has 8 nitrogen and oxygen atoms in total. The molecule has 0 aliphatic carbocycles. The molecule has 3 N–H and O–H groups in total. The summed E-state index contributed by atoms with van der Waals surface area (Å²) in [5, 5.41) is 7.96. The third-order valence-corrected chi connectivity index (χ3v) is 7.50. The minimum Gasteiger partial charge on any atom is -0.457 e. The molecule has 4 aromatic rings. The van der Waals surface area contributed by atoms with Gasteiger partial charge in [0.05, 0.1) is 16.0 Å². The molecule has 0 unspecified atom stereocenters. The van der Waals surface area contributed by atoms with Crippen LogP contribution in [0.5, 0.6) is 11.5 Å². The molecule has 37 heavy (non-hydrogen) atoms. The highest BCUT2D eigenvalue weighted by Crippen LogP contribution is 2.32. The Labute approximate surface area is 220 Å². The van der Waals surface area contributed by atoms with E-state index < -0.39 is 0 Å². The summed E-state index contributed by atoms with van der Waals surface area (Å²) in [5.74, 6) is 2.54. The van der Waals surface area contributed by atoms with E-state index in [0.29, 0.717) is 50.5 Å². The number of H-pyrrole nitrogens is 1. The first-order valence-corrected chi connectivity index (χ1v) is 13.1. The molecule has 2 aromatic carbocycles. The number of fused-ring (bicyclic) bond motifs is 1. The molecule has 0 spiro atoms. The Balaban J connectivity index is 1.19. The van der Waals surface area contributed by atoms with Crippen molar-refractivity contribution in [2.24, 2.45) is 5.92 Å². The quantitative estimate of drug-likeness (QED) is 0.291. The molecular weight excluding hydrogens is 488 g/mol. The van der Waals surface area contributed by atoms with Crippen LogP contribution in [0, 0.1) is 5.92 Å². The topological polar surface area (TPSA) is 95.2 Å². The van der Waals surface area contributed by atoms with Gasteiger partial charge in [-0.25, -0.2) is 9.97 Å². The number of nitrogens with zero attached hydrogens (tertiary/aromatic N) is 3.